The van der Waals surface area contributed by atoms with Crippen molar-refractivity contribution in [1.82, 2.24) is 5.16 Å². The summed E-state index contributed by atoms with van der Waals surface area (Å²) in [6, 6.07) is 14.7. The van der Waals surface area contributed by atoms with Gasteiger partial charge in [-0.3, -0.25) is 0 Å². The van der Waals surface area contributed by atoms with E-state index < -0.39 is 9.84 Å². The van der Waals surface area contributed by atoms with E-state index in [9.17, 15) is 8.42 Å². The number of halogens is 1. The molecule has 1 aromatic heterocycles. The zero-order valence-corrected chi connectivity index (χ0v) is 16.9. The molecular formula is C18H16BrNO3S2. The fraction of sp³-hybridized carbons (Fsp3) is 0.167. The van der Waals surface area contributed by atoms with Crippen LogP contribution in [0.5, 0.6) is 0 Å². The molecule has 0 radical (unpaired) electrons. The van der Waals surface area contributed by atoms with E-state index in [1.165, 1.54) is 6.26 Å². The van der Waals surface area contributed by atoms with Crippen molar-refractivity contribution in [2.75, 3.05) is 12.0 Å². The Kier molecular flexibility index (Phi) is 5.36. The smallest absolute Gasteiger partial charge is 0.201 e. The molecule has 0 N–H and O–H groups in total. The first-order valence-corrected chi connectivity index (χ1v) is 11.3. The van der Waals surface area contributed by atoms with Gasteiger partial charge >= 0.3 is 0 Å². The molecule has 4 nitrogen and oxygen atoms in total. The Morgan fingerprint density at radius 2 is 1.64 bits per heavy atom. The van der Waals surface area contributed by atoms with Crippen LogP contribution < -0.4 is 0 Å². The van der Waals surface area contributed by atoms with Crippen LogP contribution in [0.25, 0.3) is 22.4 Å². The monoisotopic (exact) mass is 437 g/mol. The third kappa shape index (κ3) is 3.99. The van der Waals surface area contributed by atoms with Gasteiger partial charge in [0, 0.05) is 16.3 Å². The second-order valence-corrected chi connectivity index (χ2v) is 9.60. The van der Waals surface area contributed by atoms with Crippen LogP contribution >= 0.6 is 27.7 Å². The minimum atomic E-state index is -3.23. The average Bonchev–Trinajstić information content (AvgIpc) is 2.99. The van der Waals surface area contributed by atoms with Crippen LogP contribution in [0.15, 0.2) is 67.5 Å². The maximum absolute atomic E-state index is 11.6. The Morgan fingerprint density at radius 1 is 1.04 bits per heavy atom. The zero-order valence-electron chi connectivity index (χ0n) is 13.7. The number of sulfone groups is 1. The van der Waals surface area contributed by atoms with Crippen molar-refractivity contribution in [1.29, 1.82) is 0 Å². The van der Waals surface area contributed by atoms with Gasteiger partial charge < -0.3 is 4.52 Å². The molecule has 0 unspecified atom stereocenters. The molecule has 0 fully saturated rings. The number of rotatable bonds is 5. The SMILES string of the molecule is CCSc1onc(-c2ccc(S(C)(=O)=O)cc2)c1-c1ccc(Br)cc1. The number of benzene rings is 2. The van der Waals surface area contributed by atoms with Gasteiger partial charge in [-0.15, -0.1) is 0 Å². The van der Waals surface area contributed by atoms with Crippen LogP contribution in [0.4, 0.5) is 0 Å². The fourth-order valence-corrected chi connectivity index (χ4v) is 4.04. The van der Waals surface area contributed by atoms with Gasteiger partial charge in [-0.1, -0.05) is 64.0 Å². The lowest BCUT2D eigenvalue weighted by Crippen LogP contribution is -1.96. The maximum atomic E-state index is 11.6. The Morgan fingerprint density at radius 3 is 2.20 bits per heavy atom. The first kappa shape index (κ1) is 18.2. The number of thioether (sulfide) groups is 1. The molecule has 2 aromatic carbocycles. The van der Waals surface area contributed by atoms with Gasteiger partial charge in [-0.2, -0.15) is 0 Å². The summed E-state index contributed by atoms with van der Waals surface area (Å²) in [6.07, 6.45) is 1.20. The molecule has 0 aliphatic rings. The van der Waals surface area contributed by atoms with Gasteiger partial charge in [0.2, 0.25) is 5.09 Å². The molecule has 0 bridgehead atoms. The van der Waals surface area contributed by atoms with E-state index in [0.29, 0.717) is 5.69 Å². The van der Waals surface area contributed by atoms with Crippen molar-refractivity contribution in [2.24, 2.45) is 0 Å². The van der Waals surface area contributed by atoms with Crippen LogP contribution in [-0.4, -0.2) is 25.6 Å². The summed E-state index contributed by atoms with van der Waals surface area (Å²) >= 11 is 5.03. The van der Waals surface area contributed by atoms with Gasteiger partial charge in [-0.05, 0) is 35.6 Å². The molecule has 7 heteroatoms. The molecule has 0 saturated heterocycles. The van der Waals surface area contributed by atoms with Crippen LogP contribution in [0.3, 0.4) is 0 Å². The average molecular weight is 438 g/mol. The predicted molar refractivity (Wildman–Crippen MR) is 105 cm³/mol. The van der Waals surface area contributed by atoms with Crippen molar-refractivity contribution in [3.8, 4) is 22.4 Å². The van der Waals surface area contributed by atoms with Crippen LogP contribution in [-0.2, 0) is 9.84 Å². The number of hydrogen-bond acceptors (Lipinski definition) is 5. The van der Waals surface area contributed by atoms with Crippen LogP contribution in [0.1, 0.15) is 6.92 Å². The summed E-state index contributed by atoms with van der Waals surface area (Å²) in [7, 11) is -3.23. The normalized spacial score (nSPS) is 11.6. The molecule has 0 saturated carbocycles. The highest BCUT2D eigenvalue weighted by Crippen LogP contribution is 2.39. The number of aromatic nitrogens is 1. The highest BCUT2D eigenvalue weighted by Gasteiger charge is 2.20. The first-order valence-electron chi connectivity index (χ1n) is 7.59. The summed E-state index contributed by atoms with van der Waals surface area (Å²) < 4.78 is 29.8. The van der Waals surface area contributed by atoms with E-state index in [1.54, 1.807) is 36.0 Å². The lowest BCUT2D eigenvalue weighted by Gasteiger charge is -2.05. The molecule has 25 heavy (non-hydrogen) atoms. The molecule has 0 atom stereocenters. The molecule has 3 aromatic rings. The van der Waals surface area contributed by atoms with Crippen LogP contribution in [0, 0.1) is 0 Å². The summed E-state index contributed by atoms with van der Waals surface area (Å²) in [6.45, 7) is 2.05. The minimum absolute atomic E-state index is 0.285. The Balaban J connectivity index is 2.12. The van der Waals surface area contributed by atoms with E-state index in [0.717, 1.165) is 32.0 Å². The fourth-order valence-electron chi connectivity index (χ4n) is 2.43. The highest BCUT2D eigenvalue weighted by atomic mass is 79.9. The lowest BCUT2D eigenvalue weighted by molar-refractivity contribution is 0.352. The summed E-state index contributed by atoms with van der Waals surface area (Å²) in [5.74, 6) is 0.866. The first-order chi connectivity index (χ1) is 11.9. The largest absolute Gasteiger partial charge is 0.349 e. The van der Waals surface area contributed by atoms with Gasteiger partial charge in [-0.25, -0.2) is 8.42 Å². The zero-order chi connectivity index (χ0) is 18.0. The van der Waals surface area contributed by atoms with Crippen molar-refractivity contribution < 1.29 is 12.9 Å². The van der Waals surface area contributed by atoms with Gasteiger partial charge in [0.1, 0.15) is 5.69 Å². The van der Waals surface area contributed by atoms with E-state index in [1.807, 2.05) is 24.3 Å². The highest BCUT2D eigenvalue weighted by molar-refractivity contribution is 9.10. The molecular weight excluding hydrogens is 422 g/mol. The minimum Gasteiger partial charge on any atom is -0.349 e. The van der Waals surface area contributed by atoms with E-state index in [4.69, 9.17) is 4.52 Å². The molecule has 1 heterocycles. The van der Waals surface area contributed by atoms with Crippen molar-refractivity contribution in [3.05, 3.63) is 53.0 Å². The second kappa shape index (κ2) is 7.35. The Labute approximate surface area is 159 Å². The maximum Gasteiger partial charge on any atom is 0.201 e. The predicted octanol–water partition coefficient (Wildman–Crippen LogP) is 5.29. The summed E-state index contributed by atoms with van der Waals surface area (Å²) in [5.41, 5.74) is 3.45. The summed E-state index contributed by atoms with van der Waals surface area (Å²) in [5, 5.41) is 5.00. The number of nitrogens with zero attached hydrogens (tertiary/aromatic N) is 1. The third-order valence-corrected chi connectivity index (χ3v) is 6.11. The quantitative estimate of drug-likeness (QED) is 0.507. The molecule has 0 aliphatic carbocycles. The molecule has 130 valence electrons. The summed E-state index contributed by atoms with van der Waals surface area (Å²) in [4.78, 5) is 0.285. The topological polar surface area (TPSA) is 60.2 Å². The third-order valence-electron chi connectivity index (χ3n) is 3.63. The number of hydrogen-bond donors (Lipinski definition) is 0. The second-order valence-electron chi connectivity index (χ2n) is 5.43. The molecule has 0 amide bonds. The van der Waals surface area contributed by atoms with Gasteiger partial charge in [0.05, 0.1) is 10.5 Å². The van der Waals surface area contributed by atoms with Crippen molar-refractivity contribution in [2.45, 2.75) is 16.9 Å². The van der Waals surface area contributed by atoms with E-state index in [-0.39, 0.29) is 4.90 Å². The van der Waals surface area contributed by atoms with E-state index >= 15 is 0 Å². The lowest BCUT2D eigenvalue weighted by atomic mass is 10.0. The van der Waals surface area contributed by atoms with E-state index in [2.05, 4.69) is 28.0 Å². The van der Waals surface area contributed by atoms with Crippen molar-refractivity contribution in [3.63, 3.8) is 0 Å². The van der Waals surface area contributed by atoms with Crippen LogP contribution in [0.2, 0.25) is 0 Å². The molecule has 0 spiro atoms. The standard InChI is InChI=1S/C18H16BrNO3S2/c1-3-24-18-16(12-4-8-14(19)9-5-12)17(20-23-18)13-6-10-15(11-7-13)25(2,21)22/h4-11H,3H2,1-2H3. The van der Waals surface area contributed by atoms with Gasteiger partial charge in [0.25, 0.3) is 0 Å². The Hall–Kier alpha value is -1.57. The van der Waals surface area contributed by atoms with Gasteiger partial charge in [0.15, 0.2) is 9.84 Å². The Bertz CT molecular complexity index is 978. The molecule has 3 rings (SSSR count). The van der Waals surface area contributed by atoms with Crippen molar-refractivity contribution >= 4 is 37.5 Å². The molecule has 0 aliphatic heterocycles.